The van der Waals surface area contributed by atoms with Crippen molar-refractivity contribution in [2.75, 3.05) is 6.54 Å². The van der Waals surface area contributed by atoms with E-state index in [1.807, 2.05) is 6.07 Å². The van der Waals surface area contributed by atoms with Gasteiger partial charge in [-0.3, -0.25) is 9.71 Å². The van der Waals surface area contributed by atoms with Gasteiger partial charge in [-0.15, -0.1) is 0 Å². The highest BCUT2D eigenvalue weighted by molar-refractivity contribution is 7.90. The normalized spacial score (nSPS) is 24.1. The van der Waals surface area contributed by atoms with Gasteiger partial charge >= 0.3 is 0 Å². The van der Waals surface area contributed by atoms with E-state index in [-0.39, 0.29) is 0 Å². The van der Waals surface area contributed by atoms with Crippen LogP contribution in [0, 0.1) is 5.92 Å². The average Bonchev–Trinajstić information content (AvgIpc) is 3.04. The van der Waals surface area contributed by atoms with Gasteiger partial charge in [0.05, 0.1) is 4.90 Å². The lowest BCUT2D eigenvalue weighted by molar-refractivity contribution is 0.595. The van der Waals surface area contributed by atoms with Crippen molar-refractivity contribution < 1.29 is 8.42 Å². The first-order valence-corrected chi connectivity index (χ1v) is 6.82. The maximum atomic E-state index is 11.7. The Labute approximate surface area is 94.5 Å². The minimum Gasteiger partial charge on any atom is -0.267 e. The molecule has 1 heterocycles. The van der Waals surface area contributed by atoms with Gasteiger partial charge in [-0.25, -0.2) is 8.42 Å². The third kappa shape index (κ3) is 1.61. The third-order valence-corrected chi connectivity index (χ3v) is 4.26. The number of amidine groups is 1. The fourth-order valence-corrected chi connectivity index (χ4v) is 3.02. The van der Waals surface area contributed by atoms with Crippen molar-refractivity contribution in [3.05, 3.63) is 29.8 Å². The first kappa shape index (κ1) is 9.84. The number of fused-ring (bicyclic) bond motifs is 1. The van der Waals surface area contributed by atoms with Crippen LogP contribution in [-0.2, 0) is 10.0 Å². The number of nitrogens with zero attached hydrogens (tertiary/aromatic N) is 1. The van der Waals surface area contributed by atoms with Crippen LogP contribution in [0.15, 0.2) is 34.2 Å². The Balaban J connectivity index is 2.01. The molecule has 84 valence electrons. The standard InChI is InChI=1S/C11H12N2O2S/c14-16(15)10-4-2-1-3-9(10)11(13-16)12-7-8-5-6-8/h1-4,8H,5-7H2,(H,12,13). The Morgan fingerprint density at radius 2 is 2.06 bits per heavy atom. The van der Waals surface area contributed by atoms with Gasteiger partial charge in [0.1, 0.15) is 5.84 Å². The maximum absolute atomic E-state index is 11.7. The fourth-order valence-electron chi connectivity index (χ4n) is 1.77. The quantitative estimate of drug-likeness (QED) is 0.837. The van der Waals surface area contributed by atoms with E-state index < -0.39 is 10.0 Å². The predicted molar refractivity (Wildman–Crippen MR) is 60.9 cm³/mol. The molecule has 1 saturated carbocycles. The predicted octanol–water partition coefficient (Wildman–Crippen LogP) is 1.14. The minimum absolute atomic E-state index is 0.338. The Bertz CT molecular complexity index is 559. The second-order valence-corrected chi connectivity index (χ2v) is 5.89. The van der Waals surface area contributed by atoms with Crippen molar-refractivity contribution >= 4 is 15.9 Å². The van der Waals surface area contributed by atoms with Gasteiger partial charge in [0.15, 0.2) is 0 Å². The highest BCUT2D eigenvalue weighted by Crippen LogP contribution is 2.29. The van der Waals surface area contributed by atoms with Crippen LogP contribution in [0.3, 0.4) is 0 Å². The van der Waals surface area contributed by atoms with E-state index in [0.29, 0.717) is 22.2 Å². The molecule has 1 aromatic rings. The first-order valence-electron chi connectivity index (χ1n) is 5.33. The molecule has 0 bridgehead atoms. The second-order valence-electron chi connectivity index (χ2n) is 4.23. The molecule has 0 amide bonds. The monoisotopic (exact) mass is 236 g/mol. The molecule has 0 saturated heterocycles. The highest BCUT2D eigenvalue weighted by Gasteiger charge is 2.30. The summed E-state index contributed by atoms with van der Waals surface area (Å²) in [6, 6.07) is 6.95. The zero-order valence-electron chi connectivity index (χ0n) is 8.68. The molecule has 1 N–H and O–H groups in total. The van der Waals surface area contributed by atoms with E-state index in [4.69, 9.17) is 0 Å². The van der Waals surface area contributed by atoms with Crippen LogP contribution in [0.5, 0.6) is 0 Å². The van der Waals surface area contributed by atoms with E-state index in [0.717, 1.165) is 6.54 Å². The molecular formula is C11H12N2O2S. The molecule has 16 heavy (non-hydrogen) atoms. The molecule has 5 heteroatoms. The minimum atomic E-state index is -3.36. The number of rotatable bonds is 2. The lowest BCUT2D eigenvalue weighted by Gasteiger charge is -1.97. The van der Waals surface area contributed by atoms with E-state index in [1.54, 1.807) is 18.2 Å². The topological polar surface area (TPSA) is 58.5 Å². The van der Waals surface area contributed by atoms with Crippen molar-refractivity contribution in [1.82, 2.24) is 4.72 Å². The molecule has 1 fully saturated rings. The van der Waals surface area contributed by atoms with Crippen LogP contribution < -0.4 is 4.72 Å². The summed E-state index contributed by atoms with van der Waals surface area (Å²) in [5.41, 5.74) is 0.697. The molecule has 0 spiro atoms. The Kier molecular flexibility index (Phi) is 2.04. The number of nitrogens with one attached hydrogen (secondary N) is 1. The Hall–Kier alpha value is -1.36. The molecule has 1 aliphatic heterocycles. The largest absolute Gasteiger partial charge is 0.267 e. The summed E-state index contributed by atoms with van der Waals surface area (Å²) in [6.07, 6.45) is 2.43. The zero-order chi connectivity index (χ0) is 11.2. The summed E-state index contributed by atoms with van der Waals surface area (Å²) in [7, 11) is -3.36. The molecule has 0 unspecified atom stereocenters. The number of hydrogen-bond acceptors (Lipinski definition) is 3. The number of hydrogen-bond donors (Lipinski definition) is 1. The van der Waals surface area contributed by atoms with Gasteiger partial charge in [-0.2, -0.15) is 0 Å². The first-order chi connectivity index (χ1) is 7.67. The maximum Gasteiger partial charge on any atom is 0.263 e. The number of benzene rings is 1. The van der Waals surface area contributed by atoms with Crippen molar-refractivity contribution in [2.45, 2.75) is 17.7 Å². The van der Waals surface area contributed by atoms with Crippen molar-refractivity contribution in [1.29, 1.82) is 0 Å². The fraction of sp³-hybridized carbons (Fsp3) is 0.364. The van der Waals surface area contributed by atoms with Crippen LogP contribution in [0.4, 0.5) is 0 Å². The summed E-state index contributed by atoms with van der Waals surface area (Å²) in [5, 5.41) is 0. The van der Waals surface area contributed by atoms with Gasteiger partial charge < -0.3 is 0 Å². The molecule has 2 aliphatic rings. The lowest BCUT2D eigenvalue weighted by Crippen LogP contribution is -2.22. The lowest BCUT2D eigenvalue weighted by atomic mass is 10.2. The van der Waals surface area contributed by atoms with Crippen molar-refractivity contribution in [2.24, 2.45) is 10.9 Å². The summed E-state index contributed by atoms with van der Waals surface area (Å²) in [6.45, 7) is 0.728. The Morgan fingerprint density at radius 3 is 2.81 bits per heavy atom. The Morgan fingerprint density at radius 1 is 1.31 bits per heavy atom. The van der Waals surface area contributed by atoms with Gasteiger partial charge in [0.25, 0.3) is 10.0 Å². The van der Waals surface area contributed by atoms with Crippen LogP contribution >= 0.6 is 0 Å². The SMILES string of the molecule is O=S1(=O)NC(=NCC2CC2)c2ccccc21. The van der Waals surface area contributed by atoms with Crippen LogP contribution in [0.1, 0.15) is 18.4 Å². The smallest absolute Gasteiger partial charge is 0.263 e. The van der Waals surface area contributed by atoms with E-state index >= 15 is 0 Å². The number of sulfonamides is 1. The van der Waals surface area contributed by atoms with E-state index in [9.17, 15) is 8.42 Å². The van der Waals surface area contributed by atoms with Gasteiger partial charge in [-0.05, 0) is 30.9 Å². The molecule has 0 radical (unpaired) electrons. The van der Waals surface area contributed by atoms with Crippen LogP contribution in [0.25, 0.3) is 0 Å². The summed E-state index contributed by atoms with van der Waals surface area (Å²) < 4.78 is 26.0. The molecule has 1 aliphatic carbocycles. The van der Waals surface area contributed by atoms with Gasteiger partial charge in [-0.1, -0.05) is 12.1 Å². The van der Waals surface area contributed by atoms with Crippen LogP contribution in [-0.4, -0.2) is 20.8 Å². The van der Waals surface area contributed by atoms with Gasteiger partial charge in [0, 0.05) is 12.1 Å². The van der Waals surface area contributed by atoms with E-state index in [2.05, 4.69) is 9.71 Å². The third-order valence-electron chi connectivity index (χ3n) is 2.87. The molecular weight excluding hydrogens is 224 g/mol. The second kappa shape index (κ2) is 3.31. The average molecular weight is 236 g/mol. The molecule has 0 aromatic heterocycles. The molecule has 1 aromatic carbocycles. The van der Waals surface area contributed by atoms with Crippen molar-refractivity contribution in [3.63, 3.8) is 0 Å². The van der Waals surface area contributed by atoms with Crippen molar-refractivity contribution in [3.8, 4) is 0 Å². The van der Waals surface area contributed by atoms with Gasteiger partial charge in [0.2, 0.25) is 0 Å². The molecule has 0 atom stereocenters. The number of aliphatic imine (C=N–C) groups is 1. The summed E-state index contributed by atoms with van der Waals surface area (Å²) in [4.78, 5) is 4.69. The summed E-state index contributed by atoms with van der Waals surface area (Å²) in [5.74, 6) is 1.16. The zero-order valence-corrected chi connectivity index (χ0v) is 9.50. The molecule has 4 nitrogen and oxygen atoms in total. The van der Waals surface area contributed by atoms with Crippen LogP contribution in [0.2, 0.25) is 0 Å². The summed E-state index contributed by atoms with van der Waals surface area (Å²) >= 11 is 0. The van der Waals surface area contributed by atoms with E-state index in [1.165, 1.54) is 12.8 Å². The highest BCUT2D eigenvalue weighted by atomic mass is 32.2. The molecule has 3 rings (SSSR count).